The molecule has 3 nitrogen and oxygen atoms in total. The maximum absolute atomic E-state index is 10.6. The van der Waals surface area contributed by atoms with Crippen molar-refractivity contribution in [3.63, 3.8) is 0 Å². The van der Waals surface area contributed by atoms with E-state index in [1.54, 1.807) is 0 Å². The van der Waals surface area contributed by atoms with Crippen LogP contribution in [-0.4, -0.2) is 12.0 Å². The Bertz CT molecular complexity index is 116. The zero-order valence-corrected chi connectivity index (χ0v) is 6.89. The normalized spacial score (nSPS) is 13.3. The Kier molecular flexibility index (Phi) is 4.40. The molecule has 0 spiro atoms. The average molecular weight is 166 g/mol. The molecule has 0 aliphatic rings. The molecule has 0 radical (unpaired) electrons. The third kappa shape index (κ3) is 3.69. The molecule has 60 valence electrons. The Morgan fingerprint density at radius 1 is 1.70 bits per heavy atom. The third-order valence-electron chi connectivity index (χ3n) is 1.10. The van der Waals surface area contributed by atoms with Crippen LogP contribution in [-0.2, 0) is 9.08 Å². The molecular formula is C6H12ClNO2. The lowest BCUT2D eigenvalue weighted by molar-refractivity contribution is -0.135. The second-order valence-corrected chi connectivity index (χ2v) is 2.79. The average Bonchev–Trinajstić information content (AvgIpc) is 1.85. The topological polar surface area (TPSA) is 52.3 Å². The molecule has 0 amide bonds. The molecule has 0 heterocycles. The molecule has 0 rings (SSSR count). The molecule has 1 unspecified atom stereocenters. The zero-order valence-electron chi connectivity index (χ0n) is 6.13. The van der Waals surface area contributed by atoms with E-state index in [0.717, 1.165) is 0 Å². The highest BCUT2D eigenvalue weighted by molar-refractivity contribution is 6.13. The number of halogens is 1. The fourth-order valence-corrected chi connectivity index (χ4v) is 0.776. The first-order valence-electron chi connectivity index (χ1n) is 3.16. The lowest BCUT2D eigenvalue weighted by Crippen LogP contribution is -2.31. The molecule has 0 fully saturated rings. The van der Waals surface area contributed by atoms with Crippen molar-refractivity contribution in [1.29, 1.82) is 0 Å². The van der Waals surface area contributed by atoms with Crippen LogP contribution in [0, 0.1) is 5.92 Å². The number of carbonyl (C=O) groups is 1. The minimum Gasteiger partial charge on any atom is -0.346 e. The summed E-state index contributed by atoms with van der Waals surface area (Å²) in [6.07, 6.45) is 0.603. The lowest BCUT2D eigenvalue weighted by Gasteiger charge is -2.08. The number of rotatable bonds is 3. The van der Waals surface area contributed by atoms with Gasteiger partial charge in [0.05, 0.1) is 0 Å². The van der Waals surface area contributed by atoms with Gasteiger partial charge in [0.1, 0.15) is 17.9 Å². The van der Waals surface area contributed by atoms with Crippen molar-refractivity contribution in [2.75, 3.05) is 0 Å². The number of nitrogens with two attached hydrogens (primary N) is 1. The van der Waals surface area contributed by atoms with E-state index in [9.17, 15) is 4.79 Å². The SMILES string of the molecule is CC(C)CC(N)C(=O)OCl. The molecule has 0 aliphatic carbocycles. The third-order valence-corrected chi connectivity index (χ3v) is 1.26. The smallest absolute Gasteiger partial charge is 0.341 e. The van der Waals surface area contributed by atoms with E-state index in [1.165, 1.54) is 0 Å². The minimum absolute atomic E-state index is 0.380. The van der Waals surface area contributed by atoms with Crippen LogP contribution in [0.5, 0.6) is 0 Å². The first kappa shape index (κ1) is 9.72. The van der Waals surface area contributed by atoms with Crippen LogP contribution in [0.3, 0.4) is 0 Å². The molecular weight excluding hydrogens is 154 g/mol. The highest BCUT2D eigenvalue weighted by Gasteiger charge is 2.15. The number of hydrogen-bond donors (Lipinski definition) is 1. The Morgan fingerprint density at radius 2 is 2.20 bits per heavy atom. The monoisotopic (exact) mass is 165 g/mol. The van der Waals surface area contributed by atoms with Gasteiger partial charge >= 0.3 is 5.97 Å². The largest absolute Gasteiger partial charge is 0.346 e. The zero-order chi connectivity index (χ0) is 8.15. The van der Waals surface area contributed by atoms with Gasteiger partial charge < -0.3 is 10.0 Å². The second kappa shape index (κ2) is 4.52. The predicted molar refractivity (Wildman–Crippen MR) is 39.4 cm³/mol. The van der Waals surface area contributed by atoms with Crippen LogP contribution in [0.15, 0.2) is 0 Å². The quantitative estimate of drug-likeness (QED) is 0.681. The molecule has 0 aromatic heterocycles. The Balaban J connectivity index is 3.61. The van der Waals surface area contributed by atoms with E-state index < -0.39 is 12.0 Å². The lowest BCUT2D eigenvalue weighted by atomic mass is 10.1. The fourth-order valence-electron chi connectivity index (χ4n) is 0.661. The van der Waals surface area contributed by atoms with Crippen molar-refractivity contribution >= 4 is 17.8 Å². The summed E-state index contributed by atoms with van der Waals surface area (Å²) >= 11 is 4.80. The highest BCUT2D eigenvalue weighted by Crippen LogP contribution is 2.04. The summed E-state index contributed by atoms with van der Waals surface area (Å²) in [7, 11) is 0. The van der Waals surface area contributed by atoms with E-state index in [0.29, 0.717) is 12.3 Å². The first-order chi connectivity index (χ1) is 4.57. The standard InChI is InChI=1S/C6H12ClNO2/c1-4(2)3-5(8)6(9)10-7/h4-5H,3,8H2,1-2H3. The maximum atomic E-state index is 10.6. The van der Waals surface area contributed by atoms with Gasteiger partial charge in [0.15, 0.2) is 0 Å². The molecule has 0 aromatic carbocycles. The van der Waals surface area contributed by atoms with Crippen LogP contribution < -0.4 is 5.73 Å². The van der Waals surface area contributed by atoms with Gasteiger partial charge in [-0.3, -0.25) is 0 Å². The molecule has 0 bridgehead atoms. The summed E-state index contributed by atoms with van der Waals surface area (Å²) in [6, 6.07) is -0.586. The summed E-state index contributed by atoms with van der Waals surface area (Å²) in [6.45, 7) is 3.95. The molecule has 0 saturated carbocycles. The number of carbonyl (C=O) groups excluding carboxylic acids is 1. The van der Waals surface area contributed by atoms with Gasteiger partial charge in [-0.15, -0.1) is 0 Å². The van der Waals surface area contributed by atoms with Crippen LogP contribution in [0.4, 0.5) is 0 Å². The van der Waals surface area contributed by atoms with Crippen molar-refractivity contribution in [2.45, 2.75) is 26.3 Å². The summed E-state index contributed by atoms with van der Waals surface area (Å²) in [5.74, 6) is -0.180. The van der Waals surface area contributed by atoms with Gasteiger partial charge in [-0.2, -0.15) is 0 Å². The minimum atomic E-state index is -0.586. The van der Waals surface area contributed by atoms with Crippen LogP contribution in [0.25, 0.3) is 0 Å². The van der Waals surface area contributed by atoms with Crippen molar-refractivity contribution in [1.82, 2.24) is 0 Å². The summed E-state index contributed by atoms with van der Waals surface area (Å²) in [5.41, 5.74) is 5.37. The fraction of sp³-hybridized carbons (Fsp3) is 0.833. The van der Waals surface area contributed by atoms with Gasteiger partial charge in [0.25, 0.3) is 0 Å². The van der Waals surface area contributed by atoms with E-state index in [-0.39, 0.29) is 0 Å². The predicted octanol–water partition coefficient (Wildman–Crippen LogP) is 1.06. The van der Waals surface area contributed by atoms with Crippen molar-refractivity contribution in [2.24, 2.45) is 11.7 Å². The maximum Gasteiger partial charge on any atom is 0.341 e. The Labute approximate surface area is 65.7 Å². The molecule has 0 aliphatic heterocycles. The Hall–Kier alpha value is -0.280. The van der Waals surface area contributed by atoms with Gasteiger partial charge in [0, 0.05) is 0 Å². The summed E-state index contributed by atoms with van der Waals surface area (Å²) < 4.78 is 3.92. The van der Waals surface area contributed by atoms with E-state index in [2.05, 4.69) is 4.29 Å². The van der Waals surface area contributed by atoms with Crippen molar-refractivity contribution in [3.8, 4) is 0 Å². The second-order valence-electron chi connectivity index (χ2n) is 2.63. The van der Waals surface area contributed by atoms with Crippen molar-refractivity contribution < 1.29 is 9.08 Å². The molecule has 2 N–H and O–H groups in total. The van der Waals surface area contributed by atoms with Gasteiger partial charge in [-0.1, -0.05) is 13.8 Å². The van der Waals surface area contributed by atoms with Gasteiger partial charge in [0.2, 0.25) is 0 Å². The van der Waals surface area contributed by atoms with Crippen LogP contribution in [0.1, 0.15) is 20.3 Å². The van der Waals surface area contributed by atoms with Crippen LogP contribution >= 0.6 is 11.9 Å². The summed E-state index contributed by atoms with van der Waals surface area (Å²) in [4.78, 5) is 10.6. The highest BCUT2D eigenvalue weighted by atomic mass is 35.5. The molecule has 10 heavy (non-hydrogen) atoms. The molecule has 1 atom stereocenters. The van der Waals surface area contributed by atoms with Gasteiger partial charge in [-0.25, -0.2) is 4.79 Å². The van der Waals surface area contributed by atoms with Crippen LogP contribution in [0.2, 0.25) is 0 Å². The van der Waals surface area contributed by atoms with E-state index in [4.69, 9.17) is 17.6 Å². The van der Waals surface area contributed by atoms with E-state index in [1.807, 2.05) is 13.8 Å². The Morgan fingerprint density at radius 3 is 2.50 bits per heavy atom. The first-order valence-corrected chi connectivity index (χ1v) is 3.46. The van der Waals surface area contributed by atoms with E-state index >= 15 is 0 Å². The van der Waals surface area contributed by atoms with Gasteiger partial charge in [-0.05, 0) is 12.3 Å². The molecule has 0 saturated heterocycles. The number of hydrogen-bond acceptors (Lipinski definition) is 3. The summed E-state index contributed by atoms with van der Waals surface area (Å²) in [5, 5.41) is 0. The van der Waals surface area contributed by atoms with Crippen molar-refractivity contribution in [3.05, 3.63) is 0 Å². The molecule has 0 aromatic rings. The molecule has 4 heteroatoms.